The normalized spacial score (nSPS) is 30.6. The molecule has 1 fully saturated rings. The first-order valence-corrected chi connectivity index (χ1v) is 6.07. The molecule has 0 aromatic heterocycles. The van der Waals surface area contributed by atoms with E-state index in [2.05, 4.69) is 38.0 Å². The van der Waals surface area contributed by atoms with Crippen molar-refractivity contribution >= 4 is 0 Å². The Kier molecular flexibility index (Phi) is 4.90. The topological polar surface area (TPSA) is 15.3 Å². The molecule has 1 aliphatic heterocycles. The summed E-state index contributed by atoms with van der Waals surface area (Å²) in [5.74, 6) is 0.909. The Morgan fingerprint density at radius 1 is 1.50 bits per heavy atom. The largest absolute Gasteiger partial charge is 0.313 e. The number of nitrogens with one attached hydrogen (secondary N) is 1. The van der Waals surface area contributed by atoms with Gasteiger partial charge in [0, 0.05) is 18.6 Å². The highest BCUT2D eigenvalue weighted by Gasteiger charge is 2.20. The molecule has 0 radical (unpaired) electrons. The molecule has 14 heavy (non-hydrogen) atoms. The van der Waals surface area contributed by atoms with E-state index in [0.29, 0.717) is 6.04 Å². The van der Waals surface area contributed by atoms with Gasteiger partial charge in [-0.25, -0.2) is 0 Å². The van der Waals surface area contributed by atoms with Crippen LogP contribution < -0.4 is 5.32 Å². The number of piperidine rings is 1. The maximum atomic E-state index is 3.62. The van der Waals surface area contributed by atoms with E-state index in [1.54, 1.807) is 0 Å². The van der Waals surface area contributed by atoms with Crippen LogP contribution in [0.2, 0.25) is 0 Å². The zero-order valence-corrected chi connectivity index (χ0v) is 10.2. The molecule has 0 bridgehead atoms. The van der Waals surface area contributed by atoms with Crippen molar-refractivity contribution in [2.24, 2.45) is 5.92 Å². The molecule has 1 aliphatic rings. The number of hydrogen-bond acceptors (Lipinski definition) is 2. The highest BCUT2D eigenvalue weighted by atomic mass is 15.1. The van der Waals surface area contributed by atoms with E-state index in [1.807, 2.05) is 0 Å². The van der Waals surface area contributed by atoms with Gasteiger partial charge in [-0.3, -0.25) is 0 Å². The van der Waals surface area contributed by atoms with Gasteiger partial charge < -0.3 is 10.2 Å². The molecule has 0 amide bonds. The Labute approximate surface area is 89.1 Å². The highest BCUT2D eigenvalue weighted by Crippen LogP contribution is 2.16. The van der Waals surface area contributed by atoms with Gasteiger partial charge in [0.1, 0.15) is 0 Å². The van der Waals surface area contributed by atoms with E-state index >= 15 is 0 Å². The minimum atomic E-state index is 0.717. The number of likely N-dealkylation sites (N-methyl/N-ethyl adjacent to an activating group) is 1. The van der Waals surface area contributed by atoms with Crippen LogP contribution >= 0.6 is 0 Å². The van der Waals surface area contributed by atoms with Crippen molar-refractivity contribution in [2.45, 2.75) is 52.1 Å². The fraction of sp³-hybridized carbons (Fsp3) is 1.00. The summed E-state index contributed by atoms with van der Waals surface area (Å²) in [6.45, 7) is 9.36. The maximum Gasteiger partial charge on any atom is 0.0197 e. The van der Waals surface area contributed by atoms with E-state index in [-0.39, 0.29) is 0 Å². The summed E-state index contributed by atoms with van der Waals surface area (Å²) in [6, 6.07) is 1.44. The van der Waals surface area contributed by atoms with E-state index < -0.39 is 0 Å². The molecule has 1 saturated heterocycles. The molecule has 1 rings (SSSR count). The van der Waals surface area contributed by atoms with E-state index in [4.69, 9.17) is 0 Å². The van der Waals surface area contributed by atoms with Gasteiger partial charge in [0.25, 0.3) is 0 Å². The van der Waals surface area contributed by atoms with Crippen molar-refractivity contribution in [1.82, 2.24) is 10.2 Å². The Bertz CT molecular complexity index is 158. The molecule has 0 spiro atoms. The van der Waals surface area contributed by atoms with Gasteiger partial charge in [0.15, 0.2) is 0 Å². The van der Waals surface area contributed by atoms with Gasteiger partial charge in [-0.2, -0.15) is 0 Å². The van der Waals surface area contributed by atoms with Gasteiger partial charge in [0.2, 0.25) is 0 Å². The third kappa shape index (κ3) is 3.58. The van der Waals surface area contributed by atoms with Crippen LogP contribution in [-0.4, -0.2) is 37.1 Å². The van der Waals surface area contributed by atoms with Crippen molar-refractivity contribution in [3.63, 3.8) is 0 Å². The average molecular weight is 198 g/mol. The van der Waals surface area contributed by atoms with Crippen LogP contribution in [0.5, 0.6) is 0 Å². The lowest BCUT2D eigenvalue weighted by molar-refractivity contribution is 0.194. The molecule has 0 aliphatic carbocycles. The van der Waals surface area contributed by atoms with Crippen molar-refractivity contribution in [1.29, 1.82) is 0 Å². The summed E-state index contributed by atoms with van der Waals surface area (Å²) < 4.78 is 0. The molecular weight excluding hydrogens is 172 g/mol. The quantitative estimate of drug-likeness (QED) is 0.744. The lowest BCUT2D eigenvalue weighted by Crippen LogP contribution is -2.46. The maximum absolute atomic E-state index is 3.62. The standard InChI is InChI=1S/C12H26N2/c1-5-11(3)14(4)9-12-8-10(2)6-7-13-12/h10-13H,5-9H2,1-4H3. The van der Waals surface area contributed by atoms with Gasteiger partial charge >= 0.3 is 0 Å². The van der Waals surface area contributed by atoms with Crippen LogP contribution in [0.1, 0.15) is 40.0 Å². The predicted molar refractivity (Wildman–Crippen MR) is 62.6 cm³/mol. The molecule has 2 nitrogen and oxygen atoms in total. The van der Waals surface area contributed by atoms with Crippen LogP contribution in [0.25, 0.3) is 0 Å². The van der Waals surface area contributed by atoms with Crippen LogP contribution in [0.4, 0.5) is 0 Å². The van der Waals surface area contributed by atoms with Gasteiger partial charge in [-0.15, -0.1) is 0 Å². The van der Waals surface area contributed by atoms with Gasteiger partial charge in [0.05, 0.1) is 0 Å². The highest BCUT2D eigenvalue weighted by molar-refractivity contribution is 4.79. The molecular formula is C12H26N2. The molecule has 84 valence electrons. The summed E-state index contributed by atoms with van der Waals surface area (Å²) in [5, 5.41) is 3.62. The van der Waals surface area contributed by atoms with E-state index in [9.17, 15) is 0 Å². The minimum Gasteiger partial charge on any atom is -0.313 e. The molecule has 0 saturated carbocycles. The number of hydrogen-bond donors (Lipinski definition) is 1. The second kappa shape index (κ2) is 5.72. The third-order valence-electron chi connectivity index (χ3n) is 3.61. The van der Waals surface area contributed by atoms with Gasteiger partial charge in [-0.1, -0.05) is 13.8 Å². The SMILES string of the molecule is CCC(C)N(C)CC1CC(C)CCN1. The molecule has 3 atom stereocenters. The number of rotatable bonds is 4. The second-order valence-corrected chi connectivity index (χ2v) is 4.98. The first-order valence-electron chi connectivity index (χ1n) is 6.07. The van der Waals surface area contributed by atoms with Crippen LogP contribution in [-0.2, 0) is 0 Å². The first-order chi connectivity index (χ1) is 6.63. The third-order valence-corrected chi connectivity index (χ3v) is 3.61. The first kappa shape index (κ1) is 12.0. The zero-order valence-electron chi connectivity index (χ0n) is 10.2. The molecule has 1 N–H and O–H groups in total. The Morgan fingerprint density at radius 3 is 2.79 bits per heavy atom. The summed E-state index contributed by atoms with van der Waals surface area (Å²) in [4.78, 5) is 2.48. The van der Waals surface area contributed by atoms with Crippen molar-refractivity contribution in [2.75, 3.05) is 20.1 Å². The summed E-state index contributed by atoms with van der Waals surface area (Å²) in [7, 11) is 2.25. The Morgan fingerprint density at radius 2 is 2.21 bits per heavy atom. The van der Waals surface area contributed by atoms with Crippen LogP contribution in [0.3, 0.4) is 0 Å². The molecule has 3 unspecified atom stereocenters. The average Bonchev–Trinajstić information content (AvgIpc) is 2.16. The summed E-state index contributed by atoms with van der Waals surface area (Å²) >= 11 is 0. The van der Waals surface area contributed by atoms with E-state index in [0.717, 1.165) is 12.0 Å². The lowest BCUT2D eigenvalue weighted by atomic mass is 9.94. The summed E-state index contributed by atoms with van der Waals surface area (Å²) in [5.41, 5.74) is 0. The smallest absolute Gasteiger partial charge is 0.0197 e. The number of nitrogens with zero attached hydrogens (tertiary/aromatic N) is 1. The molecule has 2 heteroatoms. The fourth-order valence-electron chi connectivity index (χ4n) is 2.20. The van der Waals surface area contributed by atoms with Gasteiger partial charge in [-0.05, 0) is 45.7 Å². The minimum absolute atomic E-state index is 0.717. The van der Waals surface area contributed by atoms with Crippen molar-refractivity contribution in [3.05, 3.63) is 0 Å². The van der Waals surface area contributed by atoms with Crippen molar-refractivity contribution < 1.29 is 0 Å². The molecule has 1 heterocycles. The monoisotopic (exact) mass is 198 g/mol. The second-order valence-electron chi connectivity index (χ2n) is 4.98. The van der Waals surface area contributed by atoms with Crippen molar-refractivity contribution in [3.8, 4) is 0 Å². The zero-order chi connectivity index (χ0) is 10.6. The predicted octanol–water partition coefficient (Wildman–Crippen LogP) is 2.10. The Balaban J connectivity index is 2.28. The lowest BCUT2D eigenvalue weighted by Gasteiger charge is -2.33. The van der Waals surface area contributed by atoms with Crippen LogP contribution in [0.15, 0.2) is 0 Å². The molecule has 0 aromatic carbocycles. The van der Waals surface area contributed by atoms with E-state index in [1.165, 1.54) is 32.4 Å². The Hall–Kier alpha value is -0.0800. The fourth-order valence-corrected chi connectivity index (χ4v) is 2.20. The van der Waals surface area contributed by atoms with Crippen LogP contribution in [0, 0.1) is 5.92 Å². The molecule has 0 aromatic rings. The summed E-state index contributed by atoms with van der Waals surface area (Å²) in [6.07, 6.45) is 3.95.